The van der Waals surface area contributed by atoms with Gasteiger partial charge in [-0.1, -0.05) is 129 Å². The van der Waals surface area contributed by atoms with Crippen LogP contribution in [-0.2, 0) is 4.79 Å². The number of hydrogen-bond acceptors (Lipinski definition) is 2. The summed E-state index contributed by atoms with van der Waals surface area (Å²) in [6, 6.07) is 0.369. The van der Waals surface area contributed by atoms with Crippen molar-refractivity contribution >= 4 is 5.91 Å². The van der Waals surface area contributed by atoms with E-state index in [4.69, 9.17) is 0 Å². The van der Waals surface area contributed by atoms with E-state index in [1.807, 2.05) is 19.0 Å². The van der Waals surface area contributed by atoms with Gasteiger partial charge in [-0.15, -0.1) is 0 Å². The third kappa shape index (κ3) is 25.8. The third-order valence-electron chi connectivity index (χ3n) is 6.80. The second kappa shape index (κ2) is 26.8. The quantitative estimate of drug-likeness (QED) is 0.0992. The Morgan fingerprint density at radius 1 is 0.618 bits per heavy atom. The van der Waals surface area contributed by atoms with Crippen LogP contribution >= 0.6 is 0 Å². The lowest BCUT2D eigenvalue weighted by Gasteiger charge is -2.20. The molecule has 0 aromatic heterocycles. The Balaban J connectivity index is 3.82. The Labute approximate surface area is 214 Å². The molecule has 1 amide bonds. The zero-order chi connectivity index (χ0) is 25.1. The van der Waals surface area contributed by atoms with Crippen LogP contribution in [0.5, 0.6) is 0 Å². The fourth-order valence-corrected chi connectivity index (χ4v) is 4.66. The van der Waals surface area contributed by atoms with Gasteiger partial charge in [0.15, 0.2) is 0 Å². The highest BCUT2D eigenvalue weighted by Crippen LogP contribution is 2.15. The van der Waals surface area contributed by atoms with Gasteiger partial charge in [-0.3, -0.25) is 4.79 Å². The molecule has 0 saturated heterocycles. The minimum atomic E-state index is 0.186. The summed E-state index contributed by atoms with van der Waals surface area (Å²) in [4.78, 5) is 14.2. The van der Waals surface area contributed by atoms with Gasteiger partial charge in [0.05, 0.1) is 6.54 Å². The molecule has 1 atom stereocenters. The van der Waals surface area contributed by atoms with E-state index in [1.165, 1.54) is 128 Å². The van der Waals surface area contributed by atoms with Crippen LogP contribution in [0.4, 0.5) is 0 Å². The van der Waals surface area contributed by atoms with E-state index in [0.29, 0.717) is 12.6 Å². The molecule has 202 valence electrons. The number of hydrogen-bond donors (Lipinski definition) is 1. The van der Waals surface area contributed by atoms with Crippen molar-refractivity contribution in [3.05, 3.63) is 12.2 Å². The molecule has 0 heterocycles. The number of likely N-dealkylation sites (N-methyl/N-ethyl adjacent to an activating group) is 1. The standard InChI is InChI=1S/C31H62N2O/c1-5-7-9-11-13-14-15-16-17-18-19-20-22-24-26-28-30(32-31(34)29-33(3)4)27-25-23-21-12-10-8-6-2/h16-17,30H,5-15,18-29H2,1-4H3,(H,32,34)/b17-16-. The van der Waals surface area contributed by atoms with E-state index in [9.17, 15) is 4.79 Å². The van der Waals surface area contributed by atoms with Crippen LogP contribution in [0.25, 0.3) is 0 Å². The first kappa shape index (κ1) is 33.2. The number of nitrogens with one attached hydrogen (secondary N) is 1. The monoisotopic (exact) mass is 478 g/mol. The first-order valence-corrected chi connectivity index (χ1v) is 15.2. The van der Waals surface area contributed by atoms with Crippen molar-refractivity contribution in [2.75, 3.05) is 20.6 Å². The predicted molar refractivity (Wildman–Crippen MR) is 153 cm³/mol. The van der Waals surface area contributed by atoms with Crippen LogP contribution in [0.1, 0.15) is 155 Å². The zero-order valence-corrected chi connectivity index (χ0v) is 23.9. The number of carbonyl (C=O) groups is 1. The van der Waals surface area contributed by atoms with Crippen LogP contribution in [0.3, 0.4) is 0 Å². The predicted octanol–water partition coefficient (Wildman–Crippen LogP) is 9.21. The summed E-state index contributed by atoms with van der Waals surface area (Å²) in [5.41, 5.74) is 0. The summed E-state index contributed by atoms with van der Waals surface area (Å²) >= 11 is 0. The summed E-state index contributed by atoms with van der Waals surface area (Å²) < 4.78 is 0. The Morgan fingerprint density at radius 2 is 1.00 bits per heavy atom. The van der Waals surface area contributed by atoms with E-state index in [1.54, 1.807) is 0 Å². The van der Waals surface area contributed by atoms with Gasteiger partial charge in [-0.25, -0.2) is 0 Å². The largest absolute Gasteiger partial charge is 0.352 e. The summed E-state index contributed by atoms with van der Waals surface area (Å²) in [5, 5.41) is 3.32. The molecular formula is C31H62N2O. The van der Waals surface area contributed by atoms with Crippen LogP contribution in [-0.4, -0.2) is 37.5 Å². The molecule has 0 rings (SSSR count). The topological polar surface area (TPSA) is 32.3 Å². The molecule has 0 saturated carbocycles. The third-order valence-corrected chi connectivity index (χ3v) is 6.80. The van der Waals surface area contributed by atoms with Crippen molar-refractivity contribution in [3.8, 4) is 0 Å². The average Bonchev–Trinajstić information content (AvgIpc) is 2.80. The maximum absolute atomic E-state index is 12.3. The van der Waals surface area contributed by atoms with Crippen molar-refractivity contribution in [3.63, 3.8) is 0 Å². The Kier molecular flexibility index (Phi) is 26.1. The summed E-state index contributed by atoms with van der Waals surface area (Å²) in [6.07, 6.45) is 33.9. The van der Waals surface area contributed by atoms with Gasteiger partial charge >= 0.3 is 0 Å². The summed E-state index contributed by atoms with van der Waals surface area (Å²) in [6.45, 7) is 5.06. The SMILES string of the molecule is CCCCCCCC/C=C\CCCCCCCC(CCCCCCCCC)NC(=O)CN(C)C. The minimum absolute atomic E-state index is 0.186. The molecule has 0 aliphatic carbocycles. The maximum Gasteiger partial charge on any atom is 0.234 e. The Morgan fingerprint density at radius 3 is 1.41 bits per heavy atom. The van der Waals surface area contributed by atoms with Gasteiger partial charge in [0.2, 0.25) is 5.91 Å². The summed E-state index contributed by atoms with van der Waals surface area (Å²) in [5.74, 6) is 0.186. The highest BCUT2D eigenvalue weighted by molar-refractivity contribution is 5.78. The molecule has 3 heteroatoms. The first-order chi connectivity index (χ1) is 16.6. The van der Waals surface area contributed by atoms with Crippen LogP contribution < -0.4 is 5.32 Å². The zero-order valence-electron chi connectivity index (χ0n) is 23.9. The van der Waals surface area contributed by atoms with Crippen molar-refractivity contribution in [2.45, 2.75) is 161 Å². The van der Waals surface area contributed by atoms with Crippen molar-refractivity contribution in [1.82, 2.24) is 10.2 Å². The van der Waals surface area contributed by atoms with Gasteiger partial charge in [-0.2, -0.15) is 0 Å². The maximum atomic E-state index is 12.3. The molecule has 0 radical (unpaired) electrons. The Hall–Kier alpha value is -0.830. The van der Waals surface area contributed by atoms with Gasteiger partial charge in [0.1, 0.15) is 0 Å². The highest BCUT2D eigenvalue weighted by Gasteiger charge is 2.12. The van der Waals surface area contributed by atoms with Crippen molar-refractivity contribution < 1.29 is 4.79 Å². The van der Waals surface area contributed by atoms with Crippen LogP contribution in [0.2, 0.25) is 0 Å². The fraction of sp³-hybridized carbons (Fsp3) is 0.903. The number of rotatable bonds is 26. The lowest BCUT2D eigenvalue weighted by molar-refractivity contribution is -0.122. The number of carbonyl (C=O) groups excluding carboxylic acids is 1. The van der Waals surface area contributed by atoms with E-state index < -0.39 is 0 Å². The Bertz CT molecular complexity index is 447. The second-order valence-electron chi connectivity index (χ2n) is 10.8. The average molecular weight is 479 g/mol. The van der Waals surface area contributed by atoms with E-state index in [-0.39, 0.29) is 5.91 Å². The summed E-state index contributed by atoms with van der Waals surface area (Å²) in [7, 11) is 3.93. The van der Waals surface area contributed by atoms with E-state index >= 15 is 0 Å². The van der Waals surface area contributed by atoms with E-state index in [2.05, 4.69) is 31.3 Å². The van der Waals surface area contributed by atoms with Gasteiger partial charge < -0.3 is 10.2 Å². The first-order valence-electron chi connectivity index (χ1n) is 15.2. The lowest BCUT2D eigenvalue weighted by Crippen LogP contribution is -2.40. The smallest absolute Gasteiger partial charge is 0.234 e. The molecule has 1 unspecified atom stereocenters. The molecule has 3 nitrogen and oxygen atoms in total. The van der Waals surface area contributed by atoms with Gasteiger partial charge in [0, 0.05) is 6.04 Å². The molecule has 0 aromatic carbocycles. The number of nitrogens with zero attached hydrogens (tertiary/aromatic N) is 1. The van der Waals surface area contributed by atoms with Crippen molar-refractivity contribution in [1.29, 1.82) is 0 Å². The van der Waals surface area contributed by atoms with E-state index in [0.717, 1.165) is 12.8 Å². The van der Waals surface area contributed by atoms with Gasteiger partial charge in [0.25, 0.3) is 0 Å². The molecule has 0 aromatic rings. The number of allylic oxidation sites excluding steroid dienone is 2. The van der Waals surface area contributed by atoms with Crippen LogP contribution in [0.15, 0.2) is 12.2 Å². The molecule has 0 aliphatic heterocycles. The molecule has 1 N–H and O–H groups in total. The molecule has 34 heavy (non-hydrogen) atoms. The fourth-order valence-electron chi connectivity index (χ4n) is 4.66. The number of unbranched alkanes of at least 4 members (excludes halogenated alkanes) is 17. The normalized spacial score (nSPS) is 12.6. The molecule has 0 spiro atoms. The lowest BCUT2D eigenvalue weighted by atomic mass is 9.99. The van der Waals surface area contributed by atoms with Crippen LogP contribution in [0, 0.1) is 0 Å². The second-order valence-corrected chi connectivity index (χ2v) is 10.8. The van der Waals surface area contributed by atoms with Gasteiger partial charge in [-0.05, 0) is 52.6 Å². The minimum Gasteiger partial charge on any atom is -0.352 e. The molecular weight excluding hydrogens is 416 g/mol. The highest BCUT2D eigenvalue weighted by atomic mass is 16.2. The molecule has 0 bridgehead atoms. The van der Waals surface area contributed by atoms with Crippen molar-refractivity contribution in [2.24, 2.45) is 0 Å². The molecule has 0 fully saturated rings. The number of amides is 1. The molecule has 0 aliphatic rings.